The molecule has 0 aromatic rings. The molecule has 0 unspecified atom stereocenters. The quantitative estimate of drug-likeness (QED) is 0.743. The summed E-state index contributed by atoms with van der Waals surface area (Å²) in [5.74, 6) is 0. The summed E-state index contributed by atoms with van der Waals surface area (Å²) in [5, 5.41) is 6.22. The van der Waals surface area contributed by atoms with Crippen LogP contribution in [0.3, 0.4) is 0 Å². The first-order chi connectivity index (χ1) is 8.37. The van der Waals surface area contributed by atoms with E-state index in [9.17, 15) is 4.79 Å². The molecule has 1 heterocycles. The van der Waals surface area contributed by atoms with Gasteiger partial charge in [-0.1, -0.05) is 0 Å². The van der Waals surface area contributed by atoms with Gasteiger partial charge in [-0.05, 0) is 53.8 Å². The third-order valence-corrected chi connectivity index (χ3v) is 2.94. The highest BCUT2D eigenvalue weighted by molar-refractivity contribution is 5.67. The molecule has 5 nitrogen and oxygen atoms in total. The number of piperidine rings is 1. The molecule has 1 fully saturated rings. The monoisotopic (exact) mass is 257 g/mol. The Labute approximate surface area is 110 Å². The molecule has 1 rings (SSSR count). The highest BCUT2D eigenvalue weighted by Crippen LogP contribution is 2.08. The number of carbonyl (C=O) groups is 1. The zero-order chi connectivity index (χ0) is 13.6. The van der Waals surface area contributed by atoms with Crippen LogP contribution in [0.4, 0.5) is 4.79 Å². The maximum atomic E-state index is 11.4. The lowest BCUT2D eigenvalue weighted by molar-refractivity contribution is 0.0527. The Hall–Kier alpha value is -0.810. The number of nitrogens with zero attached hydrogens (tertiary/aromatic N) is 1. The van der Waals surface area contributed by atoms with Crippen LogP contribution in [0.5, 0.6) is 0 Å². The fourth-order valence-electron chi connectivity index (χ4n) is 1.97. The zero-order valence-corrected chi connectivity index (χ0v) is 12.1. The highest BCUT2D eigenvalue weighted by atomic mass is 16.6. The lowest BCUT2D eigenvalue weighted by Crippen LogP contribution is -2.44. The molecular formula is C13H27N3O2. The predicted octanol–water partition coefficient (Wildman–Crippen LogP) is 1.19. The summed E-state index contributed by atoms with van der Waals surface area (Å²) in [4.78, 5) is 13.7. The Morgan fingerprint density at radius 1 is 1.28 bits per heavy atom. The molecule has 0 aromatic carbocycles. The van der Waals surface area contributed by atoms with Crippen molar-refractivity contribution in [2.45, 2.75) is 45.3 Å². The van der Waals surface area contributed by atoms with Crippen molar-refractivity contribution >= 4 is 6.09 Å². The van der Waals surface area contributed by atoms with Gasteiger partial charge in [0.1, 0.15) is 5.60 Å². The van der Waals surface area contributed by atoms with E-state index in [1.807, 2.05) is 20.8 Å². The van der Waals surface area contributed by atoms with Crippen LogP contribution in [0.1, 0.15) is 33.6 Å². The summed E-state index contributed by atoms with van der Waals surface area (Å²) in [6.45, 7) is 9.30. The third-order valence-electron chi connectivity index (χ3n) is 2.94. The topological polar surface area (TPSA) is 53.6 Å². The average molecular weight is 257 g/mol. The lowest BCUT2D eigenvalue weighted by Gasteiger charge is -2.29. The van der Waals surface area contributed by atoms with Crippen LogP contribution in [-0.4, -0.2) is 55.9 Å². The maximum absolute atomic E-state index is 11.4. The second kappa shape index (κ2) is 6.95. The normalized spacial score (nSPS) is 18.7. The fourth-order valence-corrected chi connectivity index (χ4v) is 1.97. The number of rotatable bonds is 4. The van der Waals surface area contributed by atoms with Gasteiger partial charge in [-0.3, -0.25) is 0 Å². The maximum Gasteiger partial charge on any atom is 0.407 e. The molecule has 0 aliphatic carbocycles. The highest BCUT2D eigenvalue weighted by Gasteiger charge is 2.17. The van der Waals surface area contributed by atoms with Crippen molar-refractivity contribution in [3.63, 3.8) is 0 Å². The van der Waals surface area contributed by atoms with Gasteiger partial charge in [0.15, 0.2) is 0 Å². The van der Waals surface area contributed by atoms with Crippen molar-refractivity contribution < 1.29 is 9.53 Å². The van der Waals surface area contributed by atoms with Crippen molar-refractivity contribution in [3.05, 3.63) is 0 Å². The largest absolute Gasteiger partial charge is 0.444 e. The number of amides is 1. The van der Waals surface area contributed by atoms with E-state index in [2.05, 4.69) is 22.6 Å². The average Bonchev–Trinajstić information content (AvgIpc) is 2.24. The van der Waals surface area contributed by atoms with Gasteiger partial charge in [0.05, 0.1) is 0 Å². The Balaban J connectivity index is 2.03. The first kappa shape index (κ1) is 15.2. The van der Waals surface area contributed by atoms with E-state index in [-0.39, 0.29) is 6.09 Å². The summed E-state index contributed by atoms with van der Waals surface area (Å²) in [7, 11) is 2.15. The van der Waals surface area contributed by atoms with Crippen molar-refractivity contribution in [3.8, 4) is 0 Å². The summed E-state index contributed by atoms with van der Waals surface area (Å²) < 4.78 is 5.16. The molecule has 18 heavy (non-hydrogen) atoms. The van der Waals surface area contributed by atoms with E-state index in [0.717, 1.165) is 19.6 Å². The number of hydrogen-bond acceptors (Lipinski definition) is 4. The molecule has 1 aliphatic rings. The predicted molar refractivity (Wildman–Crippen MR) is 72.8 cm³/mol. The Morgan fingerprint density at radius 3 is 2.44 bits per heavy atom. The standard InChI is InChI=1S/C13H27N3O2/c1-13(2,3)18-12(17)15-8-7-14-11-5-9-16(4)10-6-11/h11,14H,5-10H2,1-4H3,(H,15,17). The molecule has 2 N–H and O–H groups in total. The van der Waals surface area contributed by atoms with Gasteiger partial charge in [-0.25, -0.2) is 4.79 Å². The van der Waals surface area contributed by atoms with Crippen LogP contribution < -0.4 is 10.6 Å². The Bertz CT molecular complexity index is 255. The summed E-state index contributed by atoms with van der Waals surface area (Å²) in [6.07, 6.45) is 2.03. The molecular weight excluding hydrogens is 230 g/mol. The molecule has 1 saturated heterocycles. The molecule has 0 aromatic heterocycles. The van der Waals surface area contributed by atoms with Crippen molar-refractivity contribution in [1.82, 2.24) is 15.5 Å². The molecule has 0 atom stereocenters. The van der Waals surface area contributed by atoms with E-state index in [1.165, 1.54) is 12.8 Å². The van der Waals surface area contributed by atoms with Gasteiger partial charge in [-0.2, -0.15) is 0 Å². The number of alkyl carbamates (subject to hydrolysis) is 1. The van der Waals surface area contributed by atoms with E-state index >= 15 is 0 Å². The van der Waals surface area contributed by atoms with Crippen molar-refractivity contribution in [1.29, 1.82) is 0 Å². The van der Waals surface area contributed by atoms with Crippen LogP contribution in [0, 0.1) is 0 Å². The smallest absolute Gasteiger partial charge is 0.407 e. The van der Waals surface area contributed by atoms with Crippen LogP contribution in [0.15, 0.2) is 0 Å². The van der Waals surface area contributed by atoms with Crippen molar-refractivity contribution in [2.75, 3.05) is 33.2 Å². The van der Waals surface area contributed by atoms with Gasteiger partial charge in [0.2, 0.25) is 0 Å². The number of carbonyl (C=O) groups excluding carboxylic acids is 1. The van der Waals surface area contributed by atoms with Gasteiger partial charge < -0.3 is 20.3 Å². The summed E-state index contributed by atoms with van der Waals surface area (Å²) in [6, 6.07) is 0.585. The molecule has 1 amide bonds. The van der Waals surface area contributed by atoms with Gasteiger partial charge in [0.25, 0.3) is 0 Å². The second-order valence-electron chi connectivity index (χ2n) is 5.96. The number of nitrogens with one attached hydrogen (secondary N) is 2. The molecule has 1 aliphatic heterocycles. The Kier molecular flexibility index (Phi) is 5.88. The minimum absolute atomic E-state index is 0.340. The SMILES string of the molecule is CN1CCC(NCCNC(=O)OC(C)(C)C)CC1. The van der Waals surface area contributed by atoms with Crippen molar-refractivity contribution in [2.24, 2.45) is 0 Å². The van der Waals surface area contributed by atoms with Gasteiger partial charge in [0, 0.05) is 19.1 Å². The van der Waals surface area contributed by atoms with E-state index in [1.54, 1.807) is 0 Å². The minimum atomic E-state index is -0.425. The van der Waals surface area contributed by atoms with E-state index < -0.39 is 5.60 Å². The zero-order valence-electron chi connectivity index (χ0n) is 12.1. The first-order valence-electron chi connectivity index (χ1n) is 6.75. The molecule has 5 heteroatoms. The molecule has 106 valence electrons. The molecule has 0 radical (unpaired) electrons. The minimum Gasteiger partial charge on any atom is -0.444 e. The van der Waals surface area contributed by atoms with Crippen LogP contribution >= 0.6 is 0 Å². The lowest BCUT2D eigenvalue weighted by atomic mass is 10.1. The van der Waals surface area contributed by atoms with E-state index in [4.69, 9.17) is 4.74 Å². The van der Waals surface area contributed by atoms with Crippen LogP contribution in [0.25, 0.3) is 0 Å². The fraction of sp³-hybridized carbons (Fsp3) is 0.923. The van der Waals surface area contributed by atoms with Gasteiger partial charge in [-0.15, -0.1) is 0 Å². The van der Waals surface area contributed by atoms with Crippen LogP contribution in [-0.2, 0) is 4.74 Å². The third kappa shape index (κ3) is 6.81. The number of likely N-dealkylation sites (tertiary alicyclic amines) is 1. The molecule has 0 spiro atoms. The molecule has 0 bridgehead atoms. The number of ether oxygens (including phenoxy) is 1. The van der Waals surface area contributed by atoms with Gasteiger partial charge >= 0.3 is 6.09 Å². The Morgan fingerprint density at radius 2 is 1.89 bits per heavy atom. The van der Waals surface area contributed by atoms with Crippen LogP contribution in [0.2, 0.25) is 0 Å². The number of hydrogen-bond donors (Lipinski definition) is 2. The summed E-state index contributed by atoms with van der Waals surface area (Å²) in [5.41, 5.74) is -0.425. The van der Waals surface area contributed by atoms with E-state index in [0.29, 0.717) is 12.6 Å². The first-order valence-corrected chi connectivity index (χ1v) is 6.75. The second-order valence-corrected chi connectivity index (χ2v) is 5.96. The molecule has 0 saturated carbocycles. The summed E-state index contributed by atoms with van der Waals surface area (Å²) >= 11 is 0.